The first-order valence-corrected chi connectivity index (χ1v) is 8.17. The van der Waals surface area contributed by atoms with Gasteiger partial charge in [-0.2, -0.15) is 5.26 Å². The van der Waals surface area contributed by atoms with Crippen molar-refractivity contribution in [2.45, 2.75) is 71.8 Å². The summed E-state index contributed by atoms with van der Waals surface area (Å²) in [6.07, 6.45) is 6.70. The van der Waals surface area contributed by atoms with Gasteiger partial charge < -0.3 is 5.11 Å². The van der Waals surface area contributed by atoms with E-state index in [-0.39, 0.29) is 0 Å². The summed E-state index contributed by atoms with van der Waals surface area (Å²) in [5, 5.41) is 20.9. The minimum atomic E-state index is -0.666. The maximum atomic E-state index is 11.0. The lowest BCUT2D eigenvalue weighted by Crippen LogP contribution is -2.29. The third-order valence-electron chi connectivity index (χ3n) is 5.00. The van der Waals surface area contributed by atoms with Gasteiger partial charge in [-0.3, -0.25) is 0 Å². The molecule has 1 atom stereocenters. The van der Waals surface area contributed by atoms with Crippen LogP contribution in [0.15, 0.2) is 12.1 Å². The van der Waals surface area contributed by atoms with E-state index in [0.717, 1.165) is 42.4 Å². The molecule has 21 heavy (non-hydrogen) atoms. The number of rotatable bonds is 2. The predicted molar refractivity (Wildman–Crippen MR) is 86.0 cm³/mol. The van der Waals surface area contributed by atoms with Crippen LogP contribution < -0.4 is 0 Å². The van der Waals surface area contributed by atoms with Crippen molar-refractivity contribution in [2.24, 2.45) is 5.41 Å². The van der Waals surface area contributed by atoms with E-state index in [4.69, 9.17) is 0 Å². The van der Waals surface area contributed by atoms with Gasteiger partial charge in [0.15, 0.2) is 0 Å². The van der Waals surface area contributed by atoms with Crippen molar-refractivity contribution in [1.29, 1.82) is 5.26 Å². The van der Waals surface area contributed by atoms with Gasteiger partial charge in [-0.15, -0.1) is 0 Å². The lowest BCUT2D eigenvalue weighted by Gasteiger charge is -2.35. The number of aliphatic hydroxyl groups is 1. The number of aliphatic hydroxyl groups excluding tert-OH is 1. The number of nitriles is 1. The summed E-state index contributed by atoms with van der Waals surface area (Å²) < 4.78 is 0. The van der Waals surface area contributed by atoms with Crippen LogP contribution in [-0.2, 0) is 0 Å². The minimum absolute atomic E-state index is 0.606. The summed E-state index contributed by atoms with van der Waals surface area (Å²) in [7, 11) is 0. The predicted octanol–water partition coefficient (Wildman–Crippen LogP) is 4.90. The number of aryl methyl sites for hydroxylation is 3. The summed E-state index contributed by atoms with van der Waals surface area (Å²) in [5.74, 6) is 0. The molecule has 0 spiro atoms. The summed E-state index contributed by atoms with van der Waals surface area (Å²) in [6.45, 7) is 6.17. The molecule has 0 aliphatic heterocycles. The topological polar surface area (TPSA) is 44.0 Å². The van der Waals surface area contributed by atoms with Gasteiger partial charge in [-0.25, -0.2) is 0 Å². The molecule has 1 aliphatic carbocycles. The van der Waals surface area contributed by atoms with Gasteiger partial charge in [0, 0.05) is 0 Å². The number of hydrogen-bond donors (Lipinski definition) is 1. The highest BCUT2D eigenvalue weighted by Gasteiger charge is 2.40. The summed E-state index contributed by atoms with van der Waals surface area (Å²) >= 11 is 0. The fraction of sp³-hybridized carbons (Fsp3) is 0.632. The van der Waals surface area contributed by atoms with Crippen LogP contribution in [0.1, 0.15) is 73.3 Å². The molecular formula is C19H27NO. The maximum Gasteiger partial charge on any atom is 0.0981 e. The summed E-state index contributed by atoms with van der Waals surface area (Å²) in [6, 6.07) is 6.72. The van der Waals surface area contributed by atoms with Gasteiger partial charge in [-0.1, -0.05) is 49.8 Å². The van der Waals surface area contributed by atoms with Gasteiger partial charge >= 0.3 is 0 Å². The molecule has 2 rings (SSSR count). The molecule has 0 heterocycles. The second-order valence-electron chi connectivity index (χ2n) is 6.75. The molecule has 0 aromatic heterocycles. The van der Waals surface area contributed by atoms with E-state index in [0.29, 0.717) is 0 Å². The van der Waals surface area contributed by atoms with E-state index in [1.54, 1.807) is 0 Å². The third-order valence-corrected chi connectivity index (χ3v) is 5.00. The van der Waals surface area contributed by atoms with Crippen LogP contribution in [0.4, 0.5) is 0 Å². The molecule has 2 heteroatoms. The first-order valence-electron chi connectivity index (χ1n) is 8.17. The van der Waals surface area contributed by atoms with Crippen LogP contribution in [0, 0.1) is 37.5 Å². The van der Waals surface area contributed by atoms with E-state index in [1.165, 1.54) is 24.8 Å². The quantitative estimate of drug-likeness (QED) is 0.840. The standard InChI is InChI=1S/C19H27NO/c1-14-11-15(2)17(16(3)12-14)18(21)19(13-20)9-7-5-4-6-8-10-19/h11-12,18,21H,4-10H2,1-3H3. The van der Waals surface area contributed by atoms with Crippen LogP contribution in [-0.4, -0.2) is 5.11 Å². The zero-order valence-electron chi connectivity index (χ0n) is 13.6. The van der Waals surface area contributed by atoms with E-state index in [2.05, 4.69) is 25.1 Å². The SMILES string of the molecule is Cc1cc(C)c(C(O)C2(C#N)CCCCCCC2)c(C)c1. The lowest BCUT2D eigenvalue weighted by molar-refractivity contribution is 0.0425. The Kier molecular flexibility index (Phi) is 5.06. The first-order chi connectivity index (χ1) is 10.00. The largest absolute Gasteiger partial charge is 0.387 e. The Morgan fingerprint density at radius 1 is 1.00 bits per heavy atom. The van der Waals surface area contributed by atoms with Gasteiger partial charge in [0.25, 0.3) is 0 Å². The van der Waals surface area contributed by atoms with Crippen LogP contribution in [0.25, 0.3) is 0 Å². The third kappa shape index (κ3) is 3.30. The van der Waals surface area contributed by atoms with E-state index < -0.39 is 11.5 Å². The summed E-state index contributed by atoms with van der Waals surface area (Å²) in [5.41, 5.74) is 3.80. The maximum absolute atomic E-state index is 11.0. The highest BCUT2D eigenvalue weighted by Crippen LogP contribution is 2.45. The van der Waals surface area contributed by atoms with Crippen molar-refractivity contribution in [2.75, 3.05) is 0 Å². The molecule has 114 valence electrons. The zero-order valence-corrected chi connectivity index (χ0v) is 13.6. The molecule has 1 fully saturated rings. The Labute approximate surface area is 128 Å². The van der Waals surface area contributed by atoms with E-state index in [1.807, 2.05) is 13.8 Å². The fourth-order valence-electron chi connectivity index (χ4n) is 3.88. The molecule has 2 nitrogen and oxygen atoms in total. The Bertz CT molecular complexity index is 510. The molecule has 1 aliphatic rings. The van der Waals surface area contributed by atoms with Gasteiger partial charge in [0.2, 0.25) is 0 Å². The van der Waals surface area contributed by atoms with E-state index >= 15 is 0 Å². The smallest absolute Gasteiger partial charge is 0.0981 e. The minimum Gasteiger partial charge on any atom is -0.387 e. The second kappa shape index (κ2) is 6.62. The highest BCUT2D eigenvalue weighted by molar-refractivity contribution is 5.40. The van der Waals surface area contributed by atoms with Crippen molar-refractivity contribution < 1.29 is 5.11 Å². The monoisotopic (exact) mass is 285 g/mol. The van der Waals surface area contributed by atoms with Crippen LogP contribution >= 0.6 is 0 Å². The molecule has 0 saturated heterocycles. The molecule has 0 amide bonds. The second-order valence-corrected chi connectivity index (χ2v) is 6.75. The molecule has 1 unspecified atom stereocenters. The van der Waals surface area contributed by atoms with Crippen LogP contribution in [0.3, 0.4) is 0 Å². The lowest BCUT2D eigenvalue weighted by atomic mass is 9.70. The Balaban J connectivity index is 2.40. The van der Waals surface area contributed by atoms with Gasteiger partial charge in [0.1, 0.15) is 0 Å². The van der Waals surface area contributed by atoms with Crippen molar-refractivity contribution in [3.05, 3.63) is 34.4 Å². The molecule has 1 aromatic carbocycles. The fourth-order valence-corrected chi connectivity index (χ4v) is 3.88. The molecule has 0 bridgehead atoms. The molecule has 1 aromatic rings. The average molecular weight is 285 g/mol. The first kappa shape index (κ1) is 16.0. The molecular weight excluding hydrogens is 258 g/mol. The summed E-state index contributed by atoms with van der Waals surface area (Å²) in [4.78, 5) is 0. The normalized spacial score (nSPS) is 20.1. The average Bonchev–Trinajstić information content (AvgIpc) is 2.37. The molecule has 1 N–H and O–H groups in total. The van der Waals surface area contributed by atoms with Crippen LogP contribution in [0.2, 0.25) is 0 Å². The molecule has 1 saturated carbocycles. The van der Waals surface area contributed by atoms with Crippen LogP contribution in [0.5, 0.6) is 0 Å². The number of hydrogen-bond acceptors (Lipinski definition) is 2. The molecule has 0 radical (unpaired) electrons. The van der Waals surface area contributed by atoms with E-state index in [9.17, 15) is 10.4 Å². The Morgan fingerprint density at radius 3 is 1.95 bits per heavy atom. The number of benzene rings is 1. The van der Waals surface area contributed by atoms with Gasteiger partial charge in [-0.05, 0) is 50.3 Å². The zero-order chi connectivity index (χ0) is 15.5. The van der Waals surface area contributed by atoms with Crippen molar-refractivity contribution >= 4 is 0 Å². The van der Waals surface area contributed by atoms with Gasteiger partial charge in [0.05, 0.1) is 17.6 Å². The highest BCUT2D eigenvalue weighted by atomic mass is 16.3. The Morgan fingerprint density at radius 2 is 1.48 bits per heavy atom. The Hall–Kier alpha value is -1.33. The van der Waals surface area contributed by atoms with Crippen molar-refractivity contribution in [1.82, 2.24) is 0 Å². The van der Waals surface area contributed by atoms with Crippen molar-refractivity contribution in [3.63, 3.8) is 0 Å². The van der Waals surface area contributed by atoms with Crippen molar-refractivity contribution in [3.8, 4) is 6.07 Å². The number of nitrogens with zero attached hydrogens (tertiary/aromatic N) is 1.